The molecule has 0 heterocycles. The first-order valence-electron chi connectivity index (χ1n) is 7.68. The topological polar surface area (TPSA) is 33.0 Å². The number of halogens is 1. The molecular weight excluding hydrogens is 265 g/mol. The molecule has 112 valence electrons. The second kappa shape index (κ2) is 8.59. The molecule has 1 aliphatic carbocycles. The molecule has 0 aliphatic heterocycles. The SMILES string of the molecule is N#CC=CCC[C@H]1CC[C@H](OCc2ccc(F)cc2)CC1. The molecule has 0 N–H and O–H groups in total. The maximum atomic E-state index is 12.8. The van der Waals surface area contributed by atoms with Crippen molar-refractivity contribution in [2.75, 3.05) is 0 Å². The van der Waals surface area contributed by atoms with Crippen LogP contribution in [-0.2, 0) is 11.3 Å². The van der Waals surface area contributed by atoms with Crippen LogP contribution in [0, 0.1) is 23.1 Å². The lowest BCUT2D eigenvalue weighted by Crippen LogP contribution is -2.21. The van der Waals surface area contributed by atoms with Gasteiger partial charge in [0.2, 0.25) is 0 Å². The summed E-state index contributed by atoms with van der Waals surface area (Å²) in [6, 6.07) is 8.54. The van der Waals surface area contributed by atoms with Crippen molar-refractivity contribution in [3.63, 3.8) is 0 Å². The summed E-state index contributed by atoms with van der Waals surface area (Å²) in [5, 5.41) is 8.43. The third kappa shape index (κ3) is 5.69. The van der Waals surface area contributed by atoms with Crippen LogP contribution in [0.3, 0.4) is 0 Å². The van der Waals surface area contributed by atoms with E-state index in [1.807, 2.05) is 12.1 Å². The van der Waals surface area contributed by atoms with Gasteiger partial charge in [-0.25, -0.2) is 4.39 Å². The van der Waals surface area contributed by atoms with Crippen LogP contribution < -0.4 is 0 Å². The van der Waals surface area contributed by atoms with E-state index in [9.17, 15) is 4.39 Å². The summed E-state index contributed by atoms with van der Waals surface area (Å²) >= 11 is 0. The summed E-state index contributed by atoms with van der Waals surface area (Å²) < 4.78 is 18.7. The predicted molar refractivity (Wildman–Crippen MR) is 80.9 cm³/mol. The molecule has 0 radical (unpaired) electrons. The molecule has 0 amide bonds. The second-order valence-electron chi connectivity index (χ2n) is 5.69. The molecule has 1 aliphatic rings. The van der Waals surface area contributed by atoms with Gasteiger partial charge in [-0.15, -0.1) is 0 Å². The van der Waals surface area contributed by atoms with Gasteiger partial charge in [-0.05, 0) is 62.1 Å². The lowest BCUT2D eigenvalue weighted by atomic mass is 9.84. The first kappa shape index (κ1) is 15.7. The van der Waals surface area contributed by atoms with Crippen LogP contribution in [0.15, 0.2) is 36.4 Å². The first-order chi connectivity index (χ1) is 10.3. The molecule has 1 saturated carbocycles. The summed E-state index contributed by atoms with van der Waals surface area (Å²) in [5.41, 5.74) is 1.03. The Morgan fingerprint density at radius 2 is 1.90 bits per heavy atom. The minimum atomic E-state index is -0.204. The van der Waals surface area contributed by atoms with Crippen molar-refractivity contribution in [1.29, 1.82) is 5.26 Å². The molecule has 0 spiro atoms. The molecule has 1 aromatic carbocycles. The fourth-order valence-electron chi connectivity index (χ4n) is 2.85. The van der Waals surface area contributed by atoms with Crippen LogP contribution in [0.5, 0.6) is 0 Å². The van der Waals surface area contributed by atoms with Crippen LogP contribution in [0.2, 0.25) is 0 Å². The van der Waals surface area contributed by atoms with E-state index in [1.165, 1.54) is 31.4 Å². The van der Waals surface area contributed by atoms with E-state index < -0.39 is 0 Å². The fraction of sp³-hybridized carbons (Fsp3) is 0.500. The van der Waals surface area contributed by atoms with Gasteiger partial charge in [0, 0.05) is 6.08 Å². The number of nitriles is 1. The summed E-state index contributed by atoms with van der Waals surface area (Å²) in [4.78, 5) is 0. The number of allylic oxidation sites excluding steroid dienone is 2. The Balaban J connectivity index is 1.64. The van der Waals surface area contributed by atoms with E-state index in [0.717, 1.165) is 30.7 Å². The van der Waals surface area contributed by atoms with Crippen LogP contribution in [-0.4, -0.2) is 6.10 Å². The number of ether oxygens (including phenoxy) is 1. The Labute approximate surface area is 126 Å². The van der Waals surface area contributed by atoms with E-state index in [4.69, 9.17) is 10.00 Å². The maximum Gasteiger partial charge on any atom is 0.123 e. The van der Waals surface area contributed by atoms with Gasteiger partial charge in [0.15, 0.2) is 0 Å². The van der Waals surface area contributed by atoms with E-state index in [1.54, 1.807) is 18.2 Å². The highest BCUT2D eigenvalue weighted by Crippen LogP contribution is 2.30. The van der Waals surface area contributed by atoms with Crippen molar-refractivity contribution < 1.29 is 9.13 Å². The first-order valence-corrected chi connectivity index (χ1v) is 7.68. The van der Waals surface area contributed by atoms with Gasteiger partial charge in [-0.2, -0.15) is 5.26 Å². The molecule has 0 bridgehead atoms. The molecule has 2 rings (SSSR count). The Morgan fingerprint density at radius 3 is 2.57 bits per heavy atom. The average molecular weight is 287 g/mol. The summed E-state index contributed by atoms with van der Waals surface area (Å²) in [7, 11) is 0. The predicted octanol–water partition coefficient (Wildman–Crippen LogP) is 4.76. The fourth-order valence-corrected chi connectivity index (χ4v) is 2.85. The summed E-state index contributed by atoms with van der Waals surface area (Å²) in [5.74, 6) is 0.559. The van der Waals surface area contributed by atoms with E-state index in [2.05, 4.69) is 0 Å². The highest BCUT2D eigenvalue weighted by Gasteiger charge is 2.21. The molecule has 1 fully saturated rings. The number of hydrogen-bond acceptors (Lipinski definition) is 2. The molecule has 0 atom stereocenters. The smallest absolute Gasteiger partial charge is 0.123 e. The van der Waals surface area contributed by atoms with Crippen LogP contribution in [0.4, 0.5) is 4.39 Å². The molecule has 0 unspecified atom stereocenters. The zero-order valence-corrected chi connectivity index (χ0v) is 12.3. The number of benzene rings is 1. The highest BCUT2D eigenvalue weighted by molar-refractivity contribution is 5.15. The molecule has 3 heteroatoms. The maximum absolute atomic E-state index is 12.8. The van der Waals surface area contributed by atoms with Crippen molar-refractivity contribution in [2.24, 2.45) is 5.92 Å². The monoisotopic (exact) mass is 287 g/mol. The Kier molecular flexibility index (Phi) is 6.43. The molecular formula is C18H22FNO. The lowest BCUT2D eigenvalue weighted by molar-refractivity contribution is 0.00645. The lowest BCUT2D eigenvalue weighted by Gasteiger charge is -2.28. The van der Waals surface area contributed by atoms with Crippen molar-refractivity contribution in [3.05, 3.63) is 47.8 Å². The Bertz CT molecular complexity index is 481. The largest absolute Gasteiger partial charge is 0.374 e. The summed E-state index contributed by atoms with van der Waals surface area (Å²) in [6.45, 7) is 0.570. The van der Waals surface area contributed by atoms with Gasteiger partial charge >= 0.3 is 0 Å². The van der Waals surface area contributed by atoms with Gasteiger partial charge in [-0.3, -0.25) is 0 Å². The van der Waals surface area contributed by atoms with Gasteiger partial charge in [0.05, 0.1) is 18.8 Å². The zero-order chi connectivity index (χ0) is 14.9. The third-order valence-electron chi connectivity index (χ3n) is 4.13. The van der Waals surface area contributed by atoms with Crippen molar-refractivity contribution in [2.45, 2.75) is 51.2 Å². The highest BCUT2D eigenvalue weighted by atomic mass is 19.1. The minimum absolute atomic E-state index is 0.204. The van der Waals surface area contributed by atoms with Gasteiger partial charge in [0.25, 0.3) is 0 Å². The zero-order valence-electron chi connectivity index (χ0n) is 12.3. The van der Waals surface area contributed by atoms with Crippen LogP contribution in [0.1, 0.15) is 44.1 Å². The van der Waals surface area contributed by atoms with E-state index in [-0.39, 0.29) is 5.82 Å². The van der Waals surface area contributed by atoms with Gasteiger partial charge in [0.1, 0.15) is 5.82 Å². The second-order valence-corrected chi connectivity index (χ2v) is 5.69. The minimum Gasteiger partial charge on any atom is -0.374 e. The standard InChI is InChI=1S/C18H22FNO/c19-17-9-5-16(6-10-17)14-21-18-11-7-15(8-12-18)4-2-1-3-13-20/h1,3,5-6,9-10,15,18H,2,4,7-8,11-12,14H2/t15-,18-. The number of nitrogens with zero attached hydrogens (tertiary/aromatic N) is 1. The van der Waals surface area contributed by atoms with Crippen LogP contribution >= 0.6 is 0 Å². The Hall–Kier alpha value is -1.66. The third-order valence-corrected chi connectivity index (χ3v) is 4.13. The molecule has 0 saturated heterocycles. The summed E-state index contributed by atoms with van der Waals surface area (Å²) in [6.07, 6.45) is 10.6. The molecule has 0 aromatic heterocycles. The molecule has 21 heavy (non-hydrogen) atoms. The average Bonchev–Trinajstić information content (AvgIpc) is 2.52. The van der Waals surface area contributed by atoms with Crippen molar-refractivity contribution >= 4 is 0 Å². The quantitative estimate of drug-likeness (QED) is 0.707. The van der Waals surface area contributed by atoms with Gasteiger partial charge in [-0.1, -0.05) is 18.2 Å². The Morgan fingerprint density at radius 1 is 1.19 bits per heavy atom. The normalized spacial score (nSPS) is 22.3. The molecule has 1 aromatic rings. The van der Waals surface area contributed by atoms with E-state index in [0.29, 0.717) is 12.7 Å². The van der Waals surface area contributed by atoms with Crippen molar-refractivity contribution in [3.8, 4) is 6.07 Å². The van der Waals surface area contributed by atoms with Crippen molar-refractivity contribution in [1.82, 2.24) is 0 Å². The van der Waals surface area contributed by atoms with Gasteiger partial charge < -0.3 is 4.74 Å². The molecule has 2 nitrogen and oxygen atoms in total. The number of rotatable bonds is 6. The van der Waals surface area contributed by atoms with Crippen LogP contribution in [0.25, 0.3) is 0 Å². The van der Waals surface area contributed by atoms with E-state index >= 15 is 0 Å². The number of hydrogen-bond donors (Lipinski definition) is 0.